The zero-order chi connectivity index (χ0) is 22.2. The Balaban J connectivity index is 0.000000289. The lowest BCUT2D eigenvalue weighted by Gasteiger charge is -2.11. The molecular formula is C21H19F3N4O3. The predicted molar refractivity (Wildman–Crippen MR) is 108 cm³/mol. The number of amides is 1. The molecule has 0 radical (unpaired) electrons. The van der Waals surface area contributed by atoms with E-state index in [0.29, 0.717) is 12.6 Å². The summed E-state index contributed by atoms with van der Waals surface area (Å²) in [5, 5.41) is 14.6. The number of H-pyrrole nitrogens is 1. The van der Waals surface area contributed by atoms with E-state index in [1.807, 2.05) is 18.2 Å². The number of carbonyl (C=O) groups excluding carboxylic acids is 1. The van der Waals surface area contributed by atoms with E-state index in [4.69, 9.17) is 14.9 Å². The third-order valence-corrected chi connectivity index (χ3v) is 4.99. The van der Waals surface area contributed by atoms with Crippen LogP contribution < -0.4 is 10.6 Å². The number of halogens is 3. The van der Waals surface area contributed by atoms with Gasteiger partial charge >= 0.3 is 12.1 Å². The molecule has 1 aromatic carbocycles. The number of alkyl halides is 3. The van der Waals surface area contributed by atoms with Gasteiger partial charge in [0.1, 0.15) is 5.82 Å². The quantitative estimate of drug-likeness (QED) is 0.505. The van der Waals surface area contributed by atoms with Crippen LogP contribution in [0.25, 0.3) is 22.2 Å². The van der Waals surface area contributed by atoms with Gasteiger partial charge in [-0.25, -0.2) is 9.78 Å². The Morgan fingerprint density at radius 3 is 2.55 bits per heavy atom. The number of nitrogens with one attached hydrogen (secondary N) is 3. The fourth-order valence-electron chi connectivity index (χ4n) is 3.32. The van der Waals surface area contributed by atoms with Gasteiger partial charge in [-0.1, -0.05) is 18.2 Å². The van der Waals surface area contributed by atoms with Crippen LogP contribution in [0.4, 0.5) is 19.0 Å². The van der Waals surface area contributed by atoms with Gasteiger partial charge in [0, 0.05) is 41.3 Å². The summed E-state index contributed by atoms with van der Waals surface area (Å²) < 4.78 is 31.7. The van der Waals surface area contributed by atoms with Crippen molar-refractivity contribution in [2.45, 2.75) is 31.5 Å². The lowest BCUT2D eigenvalue weighted by molar-refractivity contribution is -0.192. The number of para-hydroxylation sites is 1. The standard InChI is InChI=1S/C19H18N4O.C2HF3O2/c24-19-14-10-16(22-15(14)8-9-20-19)13-3-1-2-11-4-7-17(23-18(11)13)21-12-5-6-12;3-2(4,5)1(6)7/h1-4,7,10,12,22H,5-6,8-9H2,(H,20,24)(H,21,23);(H,6,7). The molecule has 1 aliphatic heterocycles. The number of aromatic nitrogens is 2. The summed E-state index contributed by atoms with van der Waals surface area (Å²) >= 11 is 0. The lowest BCUT2D eigenvalue weighted by Crippen LogP contribution is -2.31. The number of aromatic amines is 1. The van der Waals surface area contributed by atoms with Gasteiger partial charge in [0.05, 0.1) is 11.1 Å². The number of rotatable bonds is 3. The van der Waals surface area contributed by atoms with E-state index in [1.165, 1.54) is 12.8 Å². The molecule has 162 valence electrons. The zero-order valence-electron chi connectivity index (χ0n) is 16.2. The van der Waals surface area contributed by atoms with Crippen molar-refractivity contribution in [1.82, 2.24) is 15.3 Å². The van der Waals surface area contributed by atoms with Crippen molar-refractivity contribution in [2.24, 2.45) is 0 Å². The molecule has 0 saturated heterocycles. The minimum Gasteiger partial charge on any atom is -0.475 e. The molecule has 3 aromatic rings. The topological polar surface area (TPSA) is 107 Å². The second-order valence-electron chi connectivity index (χ2n) is 7.38. The Kier molecular flexibility index (Phi) is 5.30. The van der Waals surface area contributed by atoms with Crippen LogP contribution in [0.15, 0.2) is 36.4 Å². The number of nitrogens with zero attached hydrogens (tertiary/aromatic N) is 1. The van der Waals surface area contributed by atoms with Crippen LogP contribution in [0.5, 0.6) is 0 Å². The van der Waals surface area contributed by atoms with E-state index in [0.717, 1.165) is 45.7 Å². The van der Waals surface area contributed by atoms with Crippen LogP contribution in [0.2, 0.25) is 0 Å². The van der Waals surface area contributed by atoms with E-state index in [-0.39, 0.29) is 5.91 Å². The highest BCUT2D eigenvalue weighted by atomic mass is 19.4. The van der Waals surface area contributed by atoms with Crippen molar-refractivity contribution in [2.75, 3.05) is 11.9 Å². The molecule has 1 amide bonds. The second kappa shape index (κ2) is 7.93. The molecule has 0 spiro atoms. The molecule has 10 heteroatoms. The van der Waals surface area contributed by atoms with Crippen molar-refractivity contribution in [3.63, 3.8) is 0 Å². The van der Waals surface area contributed by atoms with Gasteiger partial charge < -0.3 is 20.7 Å². The molecule has 3 heterocycles. The molecule has 0 bridgehead atoms. The number of hydrogen-bond donors (Lipinski definition) is 4. The number of carboxylic acid groups (broad SMARTS) is 1. The first-order valence-electron chi connectivity index (χ1n) is 9.69. The number of aliphatic carboxylic acids is 1. The molecule has 5 rings (SSSR count). The number of anilines is 1. The Labute approximate surface area is 174 Å². The molecule has 0 unspecified atom stereocenters. The highest BCUT2D eigenvalue weighted by Crippen LogP contribution is 2.31. The summed E-state index contributed by atoms with van der Waals surface area (Å²) in [5.41, 5.74) is 4.72. The average molecular weight is 432 g/mol. The lowest BCUT2D eigenvalue weighted by atomic mass is 10.1. The normalized spacial score (nSPS) is 15.5. The molecule has 1 fully saturated rings. The first kappa shape index (κ1) is 20.7. The monoisotopic (exact) mass is 432 g/mol. The van der Waals surface area contributed by atoms with E-state index >= 15 is 0 Å². The molecular weight excluding hydrogens is 413 g/mol. The van der Waals surface area contributed by atoms with Crippen LogP contribution >= 0.6 is 0 Å². The van der Waals surface area contributed by atoms with Crippen molar-refractivity contribution in [3.8, 4) is 11.3 Å². The molecule has 2 aromatic heterocycles. The number of carbonyl (C=O) groups is 2. The average Bonchev–Trinajstić information content (AvgIpc) is 3.42. The van der Waals surface area contributed by atoms with Gasteiger partial charge in [0.25, 0.3) is 5.91 Å². The van der Waals surface area contributed by atoms with E-state index in [1.54, 1.807) is 0 Å². The number of benzene rings is 1. The maximum Gasteiger partial charge on any atom is 0.490 e. The van der Waals surface area contributed by atoms with Gasteiger partial charge in [-0.15, -0.1) is 0 Å². The van der Waals surface area contributed by atoms with Crippen LogP contribution in [-0.2, 0) is 11.2 Å². The highest BCUT2D eigenvalue weighted by Gasteiger charge is 2.38. The third kappa shape index (κ3) is 4.62. The second-order valence-corrected chi connectivity index (χ2v) is 7.38. The fourth-order valence-corrected chi connectivity index (χ4v) is 3.32. The van der Waals surface area contributed by atoms with Gasteiger partial charge in [0.2, 0.25) is 0 Å². The summed E-state index contributed by atoms with van der Waals surface area (Å²) in [6, 6.07) is 12.8. The molecule has 4 N–H and O–H groups in total. The minimum absolute atomic E-state index is 0.00281. The van der Waals surface area contributed by atoms with E-state index in [9.17, 15) is 18.0 Å². The van der Waals surface area contributed by atoms with Crippen LogP contribution in [0, 0.1) is 0 Å². The molecule has 1 aliphatic carbocycles. The largest absolute Gasteiger partial charge is 0.490 e. The number of fused-ring (bicyclic) bond motifs is 2. The molecule has 31 heavy (non-hydrogen) atoms. The summed E-state index contributed by atoms with van der Waals surface area (Å²) in [6.45, 7) is 0.690. The maximum absolute atomic E-state index is 12.0. The van der Waals surface area contributed by atoms with Crippen LogP contribution in [0.1, 0.15) is 28.9 Å². The smallest absolute Gasteiger partial charge is 0.475 e. The van der Waals surface area contributed by atoms with Gasteiger partial charge in [-0.2, -0.15) is 13.2 Å². The Morgan fingerprint density at radius 1 is 1.16 bits per heavy atom. The zero-order valence-corrected chi connectivity index (χ0v) is 16.2. The summed E-state index contributed by atoms with van der Waals surface area (Å²) in [4.78, 5) is 29.2. The SMILES string of the molecule is O=C(O)C(F)(F)F.O=C1NCCc2[nH]c(-c3cccc4ccc(NC5CC5)nc34)cc21. The maximum atomic E-state index is 12.0. The Hall–Kier alpha value is -3.56. The Morgan fingerprint density at radius 2 is 1.90 bits per heavy atom. The molecule has 2 aliphatic rings. The van der Waals surface area contributed by atoms with Gasteiger partial charge in [-0.3, -0.25) is 4.79 Å². The van der Waals surface area contributed by atoms with Crippen molar-refractivity contribution < 1.29 is 27.9 Å². The van der Waals surface area contributed by atoms with Gasteiger partial charge in [-0.05, 0) is 31.0 Å². The summed E-state index contributed by atoms with van der Waals surface area (Å²) in [7, 11) is 0. The van der Waals surface area contributed by atoms with E-state index < -0.39 is 12.1 Å². The minimum atomic E-state index is -5.08. The first-order chi connectivity index (χ1) is 14.7. The van der Waals surface area contributed by atoms with Crippen LogP contribution in [0.3, 0.4) is 0 Å². The van der Waals surface area contributed by atoms with Crippen LogP contribution in [-0.4, -0.2) is 45.7 Å². The number of hydrogen-bond acceptors (Lipinski definition) is 4. The van der Waals surface area contributed by atoms with Crippen molar-refractivity contribution >= 4 is 28.6 Å². The number of pyridine rings is 1. The fraction of sp³-hybridized carbons (Fsp3) is 0.286. The summed E-state index contributed by atoms with van der Waals surface area (Å²) in [6.07, 6.45) is -1.80. The third-order valence-electron chi connectivity index (χ3n) is 4.99. The Bertz CT molecular complexity index is 1150. The van der Waals surface area contributed by atoms with Crippen molar-refractivity contribution in [1.29, 1.82) is 0 Å². The summed E-state index contributed by atoms with van der Waals surface area (Å²) in [5.74, 6) is -1.83. The van der Waals surface area contributed by atoms with Gasteiger partial charge in [0.15, 0.2) is 0 Å². The molecule has 0 atom stereocenters. The van der Waals surface area contributed by atoms with Crippen molar-refractivity contribution in [3.05, 3.63) is 47.7 Å². The first-order valence-corrected chi connectivity index (χ1v) is 9.69. The molecule has 7 nitrogen and oxygen atoms in total. The number of carboxylic acids is 1. The highest BCUT2D eigenvalue weighted by molar-refractivity contribution is 6.00. The van der Waals surface area contributed by atoms with E-state index in [2.05, 4.69) is 33.8 Å². The predicted octanol–water partition coefficient (Wildman–Crippen LogP) is 3.72. The molecule has 1 saturated carbocycles.